The van der Waals surface area contributed by atoms with Gasteiger partial charge >= 0.3 is 0 Å². The molecule has 31 heavy (non-hydrogen) atoms. The minimum atomic E-state index is -3.50. The third-order valence-corrected chi connectivity index (χ3v) is 6.27. The predicted molar refractivity (Wildman–Crippen MR) is 118 cm³/mol. The second kappa shape index (κ2) is 9.20. The zero-order valence-corrected chi connectivity index (χ0v) is 17.6. The monoisotopic (exact) mass is 437 g/mol. The topological polar surface area (TPSA) is 96.5 Å². The highest BCUT2D eigenvalue weighted by molar-refractivity contribution is 7.89. The molecular weight excluding hydrogens is 414 g/mol. The van der Waals surface area contributed by atoms with E-state index in [9.17, 15) is 13.2 Å². The zero-order chi connectivity index (χ0) is 21.7. The fraction of sp³-hybridized carbons (Fsp3) is 0.174. The average Bonchev–Trinajstić information content (AvgIpc) is 3.60. The Balaban J connectivity index is 1.32. The molecule has 0 radical (unpaired) electrons. The first-order chi connectivity index (χ1) is 15.0. The number of ether oxygens (including phenoxy) is 1. The number of anilines is 1. The van der Waals surface area contributed by atoms with Gasteiger partial charge in [-0.25, -0.2) is 13.1 Å². The lowest BCUT2D eigenvalue weighted by atomic mass is 10.2. The summed E-state index contributed by atoms with van der Waals surface area (Å²) in [5, 5.41) is 0. The van der Waals surface area contributed by atoms with Crippen molar-refractivity contribution in [1.29, 1.82) is 0 Å². The summed E-state index contributed by atoms with van der Waals surface area (Å²) in [4.78, 5) is 12.7. The van der Waals surface area contributed by atoms with Crippen molar-refractivity contribution >= 4 is 21.6 Å². The van der Waals surface area contributed by atoms with Crippen LogP contribution < -0.4 is 20.3 Å². The molecule has 3 N–H and O–H groups in total. The Morgan fingerprint density at radius 1 is 0.935 bits per heavy atom. The molecule has 0 heterocycles. The lowest BCUT2D eigenvalue weighted by Gasteiger charge is -2.11. The molecule has 8 heteroatoms. The van der Waals surface area contributed by atoms with Gasteiger partial charge in [0.05, 0.1) is 10.6 Å². The maximum absolute atomic E-state index is 12.5. The van der Waals surface area contributed by atoms with Crippen LogP contribution in [0.15, 0.2) is 83.8 Å². The van der Waals surface area contributed by atoms with E-state index in [-0.39, 0.29) is 16.8 Å². The summed E-state index contributed by atoms with van der Waals surface area (Å²) in [6.45, 7) is 0.412. The minimum absolute atomic E-state index is 0.0505. The van der Waals surface area contributed by atoms with Gasteiger partial charge in [0.2, 0.25) is 10.0 Å². The summed E-state index contributed by atoms with van der Waals surface area (Å²) in [5.74, 6) is 0.256. The molecule has 0 spiro atoms. The molecule has 0 aromatic heterocycles. The minimum Gasteiger partial charge on any atom is -0.489 e. The van der Waals surface area contributed by atoms with Gasteiger partial charge in [-0.2, -0.15) is 0 Å². The van der Waals surface area contributed by atoms with E-state index in [1.54, 1.807) is 36.4 Å². The van der Waals surface area contributed by atoms with Crippen LogP contribution in [0.1, 0.15) is 28.8 Å². The van der Waals surface area contributed by atoms with Crippen LogP contribution in [-0.4, -0.2) is 20.4 Å². The van der Waals surface area contributed by atoms with E-state index < -0.39 is 10.0 Å². The van der Waals surface area contributed by atoms with E-state index in [0.29, 0.717) is 23.6 Å². The van der Waals surface area contributed by atoms with Crippen LogP contribution in [0.3, 0.4) is 0 Å². The van der Waals surface area contributed by atoms with Crippen LogP contribution in [0.25, 0.3) is 0 Å². The molecule has 4 rings (SSSR count). The molecule has 0 atom stereocenters. The maximum atomic E-state index is 12.5. The van der Waals surface area contributed by atoms with Crippen LogP contribution in [0.2, 0.25) is 0 Å². The third kappa shape index (κ3) is 5.84. The van der Waals surface area contributed by atoms with Crippen molar-refractivity contribution in [3.8, 4) is 5.75 Å². The number of amides is 1. The van der Waals surface area contributed by atoms with Gasteiger partial charge in [0.1, 0.15) is 12.4 Å². The van der Waals surface area contributed by atoms with Gasteiger partial charge in [-0.05, 0) is 60.9 Å². The van der Waals surface area contributed by atoms with Crippen LogP contribution in [-0.2, 0) is 16.6 Å². The first-order valence-corrected chi connectivity index (χ1v) is 11.4. The van der Waals surface area contributed by atoms with E-state index in [1.165, 1.54) is 12.1 Å². The van der Waals surface area contributed by atoms with Gasteiger partial charge in [-0.3, -0.25) is 15.6 Å². The van der Waals surface area contributed by atoms with Crippen molar-refractivity contribution in [3.63, 3.8) is 0 Å². The molecule has 7 nitrogen and oxygen atoms in total. The largest absolute Gasteiger partial charge is 0.489 e. The van der Waals surface area contributed by atoms with E-state index in [1.807, 2.05) is 30.3 Å². The summed E-state index contributed by atoms with van der Waals surface area (Å²) in [6.07, 6.45) is 1.76. The highest BCUT2D eigenvalue weighted by Crippen LogP contribution is 2.22. The van der Waals surface area contributed by atoms with Crippen LogP contribution in [0.4, 0.5) is 5.69 Å². The first-order valence-electron chi connectivity index (χ1n) is 9.95. The van der Waals surface area contributed by atoms with E-state index in [2.05, 4.69) is 15.6 Å². The molecule has 0 unspecified atom stereocenters. The lowest BCUT2D eigenvalue weighted by molar-refractivity contribution is 0.0962. The highest BCUT2D eigenvalue weighted by Gasteiger charge is 2.27. The Hall–Kier alpha value is -3.36. The summed E-state index contributed by atoms with van der Waals surface area (Å²) in [5.41, 5.74) is 7.44. The Morgan fingerprint density at radius 2 is 1.68 bits per heavy atom. The quantitative estimate of drug-likeness (QED) is 0.446. The number of hydrogen-bond donors (Lipinski definition) is 3. The molecule has 0 aliphatic heterocycles. The number of nitrogens with one attached hydrogen (secondary N) is 3. The fourth-order valence-corrected chi connectivity index (χ4v) is 4.18. The van der Waals surface area contributed by atoms with Crippen molar-refractivity contribution in [2.45, 2.75) is 30.4 Å². The van der Waals surface area contributed by atoms with E-state index in [4.69, 9.17) is 4.74 Å². The van der Waals surface area contributed by atoms with Crippen molar-refractivity contribution in [1.82, 2.24) is 10.1 Å². The summed E-state index contributed by atoms with van der Waals surface area (Å²) >= 11 is 0. The molecule has 160 valence electrons. The number of hydrazine groups is 1. The molecule has 0 saturated heterocycles. The maximum Gasteiger partial charge on any atom is 0.269 e. The molecule has 1 amide bonds. The normalized spacial score (nSPS) is 13.4. The highest BCUT2D eigenvalue weighted by atomic mass is 32.2. The van der Waals surface area contributed by atoms with Crippen LogP contribution >= 0.6 is 0 Å². The van der Waals surface area contributed by atoms with Gasteiger partial charge in [0.15, 0.2) is 0 Å². The fourth-order valence-electron chi connectivity index (χ4n) is 2.88. The summed E-state index contributed by atoms with van der Waals surface area (Å²) < 4.78 is 32.8. The van der Waals surface area contributed by atoms with E-state index in [0.717, 1.165) is 18.4 Å². The molecule has 1 saturated carbocycles. The van der Waals surface area contributed by atoms with E-state index >= 15 is 0 Å². The standard InChI is InChI=1S/C23H23N3O4S/c27-23(18-7-4-8-21(15-18)30-16-17-5-2-1-3-6-17)25-24-19-11-13-22(14-12-19)31(28,29)26-20-9-10-20/h1-8,11-15,20,24,26H,9-10,16H2,(H,25,27). The molecular formula is C23H23N3O4S. The second-order valence-corrected chi connectivity index (χ2v) is 9.02. The van der Waals surface area contributed by atoms with Crippen LogP contribution in [0.5, 0.6) is 5.75 Å². The van der Waals surface area contributed by atoms with Gasteiger partial charge < -0.3 is 4.74 Å². The Kier molecular flexibility index (Phi) is 6.20. The SMILES string of the molecule is O=C(NNc1ccc(S(=O)(=O)NC2CC2)cc1)c1cccc(OCc2ccccc2)c1. The lowest BCUT2D eigenvalue weighted by Crippen LogP contribution is -2.29. The van der Waals surface area contributed by atoms with Gasteiger partial charge in [0, 0.05) is 11.6 Å². The molecule has 1 fully saturated rings. The number of carbonyl (C=O) groups excluding carboxylic acids is 1. The van der Waals surface area contributed by atoms with Gasteiger partial charge in [0.25, 0.3) is 5.91 Å². The summed E-state index contributed by atoms with van der Waals surface area (Å²) in [7, 11) is -3.50. The first kappa shape index (κ1) is 20.9. The van der Waals surface area contributed by atoms with Gasteiger partial charge in [-0.15, -0.1) is 0 Å². The number of benzene rings is 3. The number of rotatable bonds is 9. The Labute approximate surface area is 181 Å². The third-order valence-electron chi connectivity index (χ3n) is 4.73. The molecule has 1 aliphatic rings. The van der Waals surface area contributed by atoms with Crippen molar-refractivity contribution in [2.24, 2.45) is 0 Å². The van der Waals surface area contributed by atoms with Gasteiger partial charge in [-0.1, -0.05) is 36.4 Å². The average molecular weight is 438 g/mol. The molecule has 3 aromatic rings. The Bertz CT molecular complexity index is 1140. The zero-order valence-electron chi connectivity index (χ0n) is 16.7. The molecule has 1 aliphatic carbocycles. The predicted octanol–water partition coefficient (Wildman–Crippen LogP) is 3.46. The Morgan fingerprint density at radius 3 is 2.39 bits per heavy atom. The number of sulfonamides is 1. The number of hydrogen-bond acceptors (Lipinski definition) is 5. The second-order valence-electron chi connectivity index (χ2n) is 7.30. The van der Waals surface area contributed by atoms with Crippen molar-refractivity contribution in [3.05, 3.63) is 90.0 Å². The molecule has 0 bridgehead atoms. The number of carbonyl (C=O) groups is 1. The summed E-state index contributed by atoms with van der Waals surface area (Å²) in [6, 6.07) is 22.9. The van der Waals surface area contributed by atoms with Crippen molar-refractivity contribution < 1.29 is 17.9 Å². The van der Waals surface area contributed by atoms with Crippen LogP contribution in [0, 0.1) is 0 Å². The molecule has 3 aromatic carbocycles. The van der Waals surface area contributed by atoms with Crippen molar-refractivity contribution in [2.75, 3.05) is 5.43 Å². The smallest absolute Gasteiger partial charge is 0.269 e.